The van der Waals surface area contributed by atoms with Gasteiger partial charge in [0.15, 0.2) is 0 Å². The fourth-order valence-corrected chi connectivity index (χ4v) is 3.06. The maximum absolute atomic E-state index is 2.60. The van der Waals surface area contributed by atoms with Crippen LogP contribution in [0.1, 0.15) is 81.6 Å². The SMILES string of the molecule is CC(C)CN(CC(C)C)CC(C)C.CCCN(CCC)CCC. The Morgan fingerprint density at radius 3 is 0.913 bits per heavy atom. The standard InChI is InChI=1S/C12H27N.C9H21N/c1-10(2)7-13(8-11(3)4)9-12(5)6;1-4-7-10(8-5-2)9-6-3/h10-12H,7-9H2,1-6H3;4-9H2,1-3H3. The van der Waals surface area contributed by atoms with Crippen LogP contribution in [0, 0.1) is 17.8 Å². The molecule has 0 aliphatic heterocycles. The third-order valence-electron chi connectivity index (χ3n) is 3.49. The van der Waals surface area contributed by atoms with Gasteiger partial charge >= 0.3 is 0 Å². The predicted octanol–water partition coefficient (Wildman–Crippen LogP) is 5.77. The molecule has 2 nitrogen and oxygen atoms in total. The normalized spacial score (nSPS) is 11.7. The van der Waals surface area contributed by atoms with Crippen LogP contribution in [0.15, 0.2) is 0 Å². The molecular weight excluding hydrogens is 280 g/mol. The van der Waals surface area contributed by atoms with Crippen LogP contribution in [-0.2, 0) is 0 Å². The second-order valence-corrected chi connectivity index (χ2v) is 8.24. The minimum absolute atomic E-state index is 0.789. The zero-order valence-electron chi connectivity index (χ0n) is 18.0. The van der Waals surface area contributed by atoms with E-state index < -0.39 is 0 Å². The van der Waals surface area contributed by atoms with E-state index in [9.17, 15) is 0 Å². The highest BCUT2D eigenvalue weighted by Gasteiger charge is 2.10. The molecule has 0 aromatic rings. The first kappa shape index (κ1) is 25.2. The summed E-state index contributed by atoms with van der Waals surface area (Å²) < 4.78 is 0. The Hall–Kier alpha value is -0.0800. The molecule has 0 aromatic heterocycles. The van der Waals surface area contributed by atoms with Crippen molar-refractivity contribution in [3.63, 3.8) is 0 Å². The van der Waals surface area contributed by atoms with Crippen molar-refractivity contribution in [1.29, 1.82) is 0 Å². The van der Waals surface area contributed by atoms with Crippen molar-refractivity contribution in [2.75, 3.05) is 39.3 Å². The van der Waals surface area contributed by atoms with Gasteiger partial charge in [0.05, 0.1) is 0 Å². The minimum Gasteiger partial charge on any atom is -0.303 e. The molecule has 0 saturated carbocycles. The molecule has 0 aromatic carbocycles. The molecule has 23 heavy (non-hydrogen) atoms. The quantitative estimate of drug-likeness (QED) is 0.448. The largest absolute Gasteiger partial charge is 0.303 e. The van der Waals surface area contributed by atoms with E-state index in [0.29, 0.717) is 0 Å². The average Bonchev–Trinajstić information content (AvgIpc) is 2.37. The zero-order chi connectivity index (χ0) is 18.3. The smallest absolute Gasteiger partial charge is 0.000461 e. The second kappa shape index (κ2) is 16.8. The van der Waals surface area contributed by atoms with E-state index in [4.69, 9.17) is 0 Å². The molecule has 0 saturated heterocycles. The summed E-state index contributed by atoms with van der Waals surface area (Å²) >= 11 is 0. The summed E-state index contributed by atoms with van der Waals surface area (Å²) in [6.07, 6.45) is 3.88. The Morgan fingerprint density at radius 1 is 0.478 bits per heavy atom. The predicted molar refractivity (Wildman–Crippen MR) is 108 cm³/mol. The van der Waals surface area contributed by atoms with Crippen LogP contribution in [0.2, 0.25) is 0 Å². The van der Waals surface area contributed by atoms with Gasteiger partial charge in [-0.05, 0) is 56.7 Å². The van der Waals surface area contributed by atoms with Gasteiger partial charge in [-0.1, -0.05) is 62.3 Å². The average molecular weight is 329 g/mol. The zero-order valence-corrected chi connectivity index (χ0v) is 18.0. The summed E-state index contributed by atoms with van der Waals surface area (Å²) in [6.45, 7) is 28.1. The Labute approximate surface area is 149 Å². The van der Waals surface area contributed by atoms with E-state index in [-0.39, 0.29) is 0 Å². The maximum Gasteiger partial charge on any atom is 0.000461 e. The van der Waals surface area contributed by atoms with Gasteiger partial charge in [0, 0.05) is 19.6 Å². The van der Waals surface area contributed by atoms with E-state index in [1.54, 1.807) is 0 Å². The van der Waals surface area contributed by atoms with Gasteiger partial charge in [0.2, 0.25) is 0 Å². The van der Waals surface area contributed by atoms with Crippen LogP contribution in [-0.4, -0.2) is 49.1 Å². The summed E-state index contributed by atoms with van der Waals surface area (Å²) in [5.74, 6) is 2.37. The first-order valence-corrected chi connectivity index (χ1v) is 10.2. The molecule has 0 heterocycles. The van der Waals surface area contributed by atoms with Crippen LogP contribution in [0.3, 0.4) is 0 Å². The first-order chi connectivity index (χ1) is 10.8. The van der Waals surface area contributed by atoms with E-state index in [0.717, 1.165) is 17.8 Å². The fraction of sp³-hybridized carbons (Fsp3) is 1.00. The van der Waals surface area contributed by atoms with Crippen molar-refractivity contribution in [3.8, 4) is 0 Å². The Bertz CT molecular complexity index is 186. The lowest BCUT2D eigenvalue weighted by atomic mass is 10.1. The van der Waals surface area contributed by atoms with E-state index >= 15 is 0 Å². The summed E-state index contributed by atoms with van der Waals surface area (Å²) in [5, 5.41) is 0. The molecule has 2 heteroatoms. The molecule has 0 aliphatic rings. The Morgan fingerprint density at radius 2 is 0.739 bits per heavy atom. The first-order valence-electron chi connectivity index (χ1n) is 10.2. The van der Waals surface area contributed by atoms with Crippen molar-refractivity contribution < 1.29 is 0 Å². The van der Waals surface area contributed by atoms with Gasteiger partial charge in [0.25, 0.3) is 0 Å². The van der Waals surface area contributed by atoms with Gasteiger partial charge in [0.1, 0.15) is 0 Å². The number of hydrogen-bond acceptors (Lipinski definition) is 2. The molecule has 0 fully saturated rings. The van der Waals surface area contributed by atoms with Gasteiger partial charge in [-0.25, -0.2) is 0 Å². The number of hydrogen-bond donors (Lipinski definition) is 0. The number of rotatable bonds is 12. The summed E-state index contributed by atoms with van der Waals surface area (Å²) in [4.78, 5) is 5.14. The molecule has 0 amide bonds. The van der Waals surface area contributed by atoms with E-state index in [1.807, 2.05) is 0 Å². The van der Waals surface area contributed by atoms with Crippen molar-refractivity contribution in [3.05, 3.63) is 0 Å². The van der Waals surface area contributed by atoms with Crippen molar-refractivity contribution >= 4 is 0 Å². The molecule has 0 rings (SSSR count). The van der Waals surface area contributed by atoms with E-state index in [1.165, 1.54) is 58.5 Å². The third-order valence-corrected chi connectivity index (χ3v) is 3.49. The highest BCUT2D eigenvalue weighted by Crippen LogP contribution is 2.06. The van der Waals surface area contributed by atoms with Crippen LogP contribution in [0.4, 0.5) is 0 Å². The van der Waals surface area contributed by atoms with Crippen molar-refractivity contribution in [2.24, 2.45) is 17.8 Å². The summed E-state index contributed by atoms with van der Waals surface area (Å²) in [7, 11) is 0. The summed E-state index contributed by atoms with van der Waals surface area (Å²) in [5.41, 5.74) is 0. The molecule has 0 bridgehead atoms. The van der Waals surface area contributed by atoms with Gasteiger partial charge in [-0.2, -0.15) is 0 Å². The summed E-state index contributed by atoms with van der Waals surface area (Å²) in [6, 6.07) is 0. The number of nitrogens with zero attached hydrogens (tertiary/aromatic N) is 2. The molecule has 0 unspecified atom stereocenters. The highest BCUT2D eigenvalue weighted by atomic mass is 15.1. The Kier molecular flexibility index (Phi) is 18.3. The lowest BCUT2D eigenvalue weighted by molar-refractivity contribution is 0.198. The molecule has 142 valence electrons. The van der Waals surface area contributed by atoms with Crippen molar-refractivity contribution in [1.82, 2.24) is 9.80 Å². The lowest BCUT2D eigenvalue weighted by Gasteiger charge is -2.27. The molecular formula is C21H48N2. The molecule has 0 N–H and O–H groups in total. The minimum atomic E-state index is 0.789. The van der Waals surface area contributed by atoms with Crippen molar-refractivity contribution in [2.45, 2.75) is 81.6 Å². The highest BCUT2D eigenvalue weighted by molar-refractivity contribution is 4.64. The van der Waals surface area contributed by atoms with Crippen LogP contribution < -0.4 is 0 Å². The van der Waals surface area contributed by atoms with E-state index in [2.05, 4.69) is 72.1 Å². The van der Waals surface area contributed by atoms with Crippen LogP contribution >= 0.6 is 0 Å². The maximum atomic E-state index is 2.60. The van der Waals surface area contributed by atoms with Crippen LogP contribution in [0.25, 0.3) is 0 Å². The van der Waals surface area contributed by atoms with Gasteiger partial charge in [-0.15, -0.1) is 0 Å². The molecule has 0 aliphatic carbocycles. The third kappa shape index (κ3) is 19.9. The lowest BCUT2D eigenvalue weighted by Crippen LogP contribution is -2.34. The second-order valence-electron chi connectivity index (χ2n) is 8.24. The topological polar surface area (TPSA) is 6.48 Å². The molecule has 0 atom stereocenters. The fourth-order valence-electron chi connectivity index (χ4n) is 3.06. The molecule has 0 radical (unpaired) electrons. The van der Waals surface area contributed by atoms with Crippen LogP contribution in [0.5, 0.6) is 0 Å². The molecule has 0 spiro atoms. The monoisotopic (exact) mass is 328 g/mol. The van der Waals surface area contributed by atoms with Gasteiger partial charge in [-0.3, -0.25) is 0 Å². The van der Waals surface area contributed by atoms with Gasteiger partial charge < -0.3 is 9.80 Å². The Balaban J connectivity index is 0.